The summed E-state index contributed by atoms with van der Waals surface area (Å²) < 4.78 is 6.22. The van der Waals surface area contributed by atoms with Crippen LogP contribution in [-0.2, 0) is 11.2 Å². The van der Waals surface area contributed by atoms with Gasteiger partial charge in [-0.2, -0.15) is 0 Å². The molecule has 1 aliphatic heterocycles. The van der Waals surface area contributed by atoms with Crippen molar-refractivity contribution in [3.63, 3.8) is 0 Å². The first kappa shape index (κ1) is 12.4. The van der Waals surface area contributed by atoms with Crippen LogP contribution in [0, 0.1) is 0 Å². The highest BCUT2D eigenvalue weighted by atomic mass is 79.9. The van der Waals surface area contributed by atoms with Gasteiger partial charge in [-0.15, -0.1) is 0 Å². The molecule has 1 aliphatic rings. The molecule has 0 spiro atoms. The van der Waals surface area contributed by atoms with E-state index in [1.54, 1.807) is 0 Å². The highest BCUT2D eigenvalue weighted by molar-refractivity contribution is 9.10. The molecule has 0 saturated carbocycles. The van der Waals surface area contributed by atoms with Gasteiger partial charge in [-0.25, -0.2) is 0 Å². The van der Waals surface area contributed by atoms with E-state index in [1.165, 1.54) is 0 Å². The third-order valence-corrected chi connectivity index (χ3v) is 3.93. The molecule has 0 bridgehead atoms. The van der Waals surface area contributed by atoms with E-state index in [2.05, 4.69) is 15.9 Å². The number of aliphatic hydroxyl groups is 1. The van der Waals surface area contributed by atoms with Gasteiger partial charge in [-0.05, 0) is 30.5 Å². The van der Waals surface area contributed by atoms with E-state index < -0.39 is 5.60 Å². The van der Waals surface area contributed by atoms with Crippen molar-refractivity contribution in [2.75, 3.05) is 13.2 Å². The van der Waals surface area contributed by atoms with Crippen LogP contribution in [0.15, 0.2) is 22.7 Å². The van der Waals surface area contributed by atoms with E-state index in [0.29, 0.717) is 37.5 Å². The Morgan fingerprint density at radius 1 is 1.38 bits per heavy atom. The molecule has 1 N–H and O–H groups in total. The number of ether oxygens (including phenoxy) is 1. The predicted octanol–water partition coefficient (Wildman–Crippen LogP) is 3.19. The quantitative estimate of drug-likeness (QED) is 0.909. The number of benzene rings is 1. The van der Waals surface area contributed by atoms with Gasteiger partial charge in [-0.1, -0.05) is 33.6 Å². The Labute approximate surface area is 109 Å². The van der Waals surface area contributed by atoms with Crippen molar-refractivity contribution in [1.29, 1.82) is 0 Å². The minimum absolute atomic E-state index is 0.630. The van der Waals surface area contributed by atoms with Crippen molar-refractivity contribution in [3.8, 4) is 0 Å². The summed E-state index contributed by atoms with van der Waals surface area (Å²) in [6.45, 7) is 1.28. The molecule has 1 aromatic carbocycles. The maximum Gasteiger partial charge on any atom is 0.0732 e. The lowest BCUT2D eigenvalue weighted by atomic mass is 9.87. The van der Waals surface area contributed by atoms with Crippen LogP contribution >= 0.6 is 27.5 Å². The van der Waals surface area contributed by atoms with Crippen molar-refractivity contribution in [2.45, 2.75) is 24.9 Å². The highest BCUT2D eigenvalue weighted by Crippen LogP contribution is 2.29. The molecule has 1 fully saturated rings. The van der Waals surface area contributed by atoms with Crippen LogP contribution in [0.4, 0.5) is 0 Å². The van der Waals surface area contributed by atoms with Crippen LogP contribution in [0.25, 0.3) is 0 Å². The fourth-order valence-electron chi connectivity index (χ4n) is 1.95. The van der Waals surface area contributed by atoms with Crippen molar-refractivity contribution in [3.05, 3.63) is 33.3 Å². The maximum absolute atomic E-state index is 10.4. The highest BCUT2D eigenvalue weighted by Gasteiger charge is 2.30. The Balaban J connectivity index is 2.13. The number of hydrogen-bond acceptors (Lipinski definition) is 2. The molecule has 88 valence electrons. The summed E-state index contributed by atoms with van der Waals surface area (Å²) in [6.07, 6.45) is 2.04. The summed E-state index contributed by atoms with van der Waals surface area (Å²) in [5.41, 5.74) is 0.461. The Bertz CT molecular complexity index is 375. The molecule has 16 heavy (non-hydrogen) atoms. The normalized spacial score (nSPS) is 19.7. The van der Waals surface area contributed by atoms with Crippen molar-refractivity contribution >= 4 is 27.5 Å². The summed E-state index contributed by atoms with van der Waals surface area (Å²) in [5.74, 6) is 0. The molecule has 1 saturated heterocycles. The van der Waals surface area contributed by atoms with Gasteiger partial charge in [0.05, 0.1) is 5.60 Å². The van der Waals surface area contributed by atoms with Gasteiger partial charge in [0.2, 0.25) is 0 Å². The summed E-state index contributed by atoms with van der Waals surface area (Å²) in [7, 11) is 0. The molecule has 1 heterocycles. The predicted molar refractivity (Wildman–Crippen MR) is 67.9 cm³/mol. The van der Waals surface area contributed by atoms with E-state index in [1.807, 2.05) is 18.2 Å². The van der Waals surface area contributed by atoms with Crippen LogP contribution in [0.3, 0.4) is 0 Å². The number of rotatable bonds is 2. The minimum atomic E-state index is -0.630. The first-order valence-corrected chi connectivity index (χ1v) is 6.50. The van der Waals surface area contributed by atoms with Crippen LogP contribution in [-0.4, -0.2) is 23.9 Å². The monoisotopic (exact) mass is 304 g/mol. The van der Waals surface area contributed by atoms with E-state index in [4.69, 9.17) is 16.3 Å². The first-order chi connectivity index (χ1) is 7.59. The Hall–Kier alpha value is -0.0900. The lowest BCUT2D eigenvalue weighted by molar-refractivity contribution is -0.0626. The molecule has 0 radical (unpaired) electrons. The van der Waals surface area contributed by atoms with Crippen molar-refractivity contribution in [1.82, 2.24) is 0 Å². The molecule has 0 unspecified atom stereocenters. The molecule has 0 aromatic heterocycles. The first-order valence-electron chi connectivity index (χ1n) is 5.33. The molecule has 2 nitrogen and oxygen atoms in total. The van der Waals surface area contributed by atoms with Gasteiger partial charge < -0.3 is 9.84 Å². The summed E-state index contributed by atoms with van der Waals surface area (Å²) in [4.78, 5) is 0. The van der Waals surface area contributed by atoms with Gasteiger partial charge in [-0.3, -0.25) is 0 Å². The minimum Gasteiger partial charge on any atom is -0.389 e. The third kappa shape index (κ3) is 2.98. The maximum atomic E-state index is 10.4. The second kappa shape index (κ2) is 5.05. The Kier molecular flexibility index (Phi) is 3.90. The molecule has 0 atom stereocenters. The zero-order valence-electron chi connectivity index (χ0n) is 8.88. The number of halogens is 2. The molecular formula is C12H14BrClO2. The summed E-state index contributed by atoms with van der Waals surface area (Å²) in [5, 5.41) is 11.1. The van der Waals surface area contributed by atoms with E-state index in [0.717, 1.165) is 10.0 Å². The molecule has 4 heteroatoms. The molecular weight excluding hydrogens is 291 g/mol. The molecule has 1 aromatic rings. The van der Waals surface area contributed by atoms with Crippen molar-refractivity contribution < 1.29 is 9.84 Å². The average molecular weight is 306 g/mol. The molecule has 0 aliphatic carbocycles. The van der Waals surface area contributed by atoms with Crippen LogP contribution in [0.5, 0.6) is 0 Å². The van der Waals surface area contributed by atoms with Gasteiger partial charge in [0, 0.05) is 29.1 Å². The van der Waals surface area contributed by atoms with E-state index in [9.17, 15) is 5.11 Å². The molecule has 0 amide bonds. The SMILES string of the molecule is OC1(Cc2ccc(Cl)cc2Br)CCOCC1. The molecule has 2 rings (SSSR count). The smallest absolute Gasteiger partial charge is 0.0732 e. The Morgan fingerprint density at radius 2 is 2.06 bits per heavy atom. The van der Waals surface area contributed by atoms with Crippen LogP contribution < -0.4 is 0 Å². The lowest BCUT2D eigenvalue weighted by Gasteiger charge is -2.32. The van der Waals surface area contributed by atoms with Crippen molar-refractivity contribution in [2.24, 2.45) is 0 Å². The average Bonchev–Trinajstić information content (AvgIpc) is 2.23. The standard InChI is InChI=1S/C12H14BrClO2/c13-11-7-10(14)2-1-9(11)8-12(15)3-5-16-6-4-12/h1-2,7,15H,3-6,8H2. The lowest BCUT2D eigenvalue weighted by Crippen LogP contribution is -2.38. The van der Waals surface area contributed by atoms with Gasteiger partial charge in [0.1, 0.15) is 0 Å². The van der Waals surface area contributed by atoms with Gasteiger partial charge in [0.15, 0.2) is 0 Å². The topological polar surface area (TPSA) is 29.5 Å². The zero-order valence-corrected chi connectivity index (χ0v) is 11.2. The zero-order chi connectivity index (χ0) is 11.6. The van der Waals surface area contributed by atoms with E-state index in [-0.39, 0.29) is 0 Å². The summed E-state index contributed by atoms with van der Waals surface area (Å²) >= 11 is 9.35. The number of hydrogen-bond donors (Lipinski definition) is 1. The van der Waals surface area contributed by atoms with Crippen LogP contribution in [0.2, 0.25) is 5.02 Å². The van der Waals surface area contributed by atoms with Crippen LogP contribution in [0.1, 0.15) is 18.4 Å². The Morgan fingerprint density at radius 3 is 2.69 bits per heavy atom. The van der Waals surface area contributed by atoms with Gasteiger partial charge >= 0.3 is 0 Å². The summed E-state index contributed by atoms with van der Waals surface area (Å²) in [6, 6.07) is 5.67. The van der Waals surface area contributed by atoms with Gasteiger partial charge in [0.25, 0.3) is 0 Å². The fourth-order valence-corrected chi connectivity index (χ4v) is 2.77. The largest absolute Gasteiger partial charge is 0.389 e. The second-order valence-corrected chi connectivity index (χ2v) is 5.54. The van der Waals surface area contributed by atoms with E-state index >= 15 is 0 Å². The fraction of sp³-hybridized carbons (Fsp3) is 0.500. The second-order valence-electron chi connectivity index (χ2n) is 4.25. The third-order valence-electron chi connectivity index (χ3n) is 2.96.